The van der Waals surface area contributed by atoms with E-state index in [9.17, 15) is 13.2 Å². The molecule has 0 saturated carbocycles. The number of hydrogen-bond acceptors (Lipinski definition) is 2. The van der Waals surface area contributed by atoms with Gasteiger partial charge in [0.15, 0.2) is 0 Å². The van der Waals surface area contributed by atoms with Crippen LogP contribution in [0.1, 0.15) is 11.6 Å². The van der Waals surface area contributed by atoms with Crippen molar-refractivity contribution in [1.82, 2.24) is 0 Å². The van der Waals surface area contributed by atoms with Gasteiger partial charge in [-0.15, -0.1) is 0 Å². The van der Waals surface area contributed by atoms with Gasteiger partial charge < -0.3 is 10.2 Å². The van der Waals surface area contributed by atoms with Gasteiger partial charge in [-0.3, -0.25) is 0 Å². The summed E-state index contributed by atoms with van der Waals surface area (Å²) in [6.07, 6.45) is -2.31. The lowest BCUT2D eigenvalue weighted by molar-refractivity contribution is -0.149. The van der Waals surface area contributed by atoms with Crippen LogP contribution in [0.15, 0.2) is 21.4 Å². The van der Waals surface area contributed by atoms with Gasteiger partial charge in [0.2, 0.25) is 0 Å². The lowest BCUT2D eigenvalue weighted by atomic mass is 10.1. The van der Waals surface area contributed by atoms with Crippen molar-refractivity contribution in [2.45, 2.75) is 12.2 Å². The van der Waals surface area contributed by atoms with E-state index in [1.54, 1.807) is 0 Å². The maximum Gasteiger partial charge on any atom is 0.407 e. The fourth-order valence-corrected chi connectivity index (χ4v) is 1.14. The Morgan fingerprint density at radius 3 is 2.33 bits per heavy atom. The molecule has 1 aromatic rings. The van der Waals surface area contributed by atoms with Gasteiger partial charge in [-0.25, -0.2) is 0 Å². The molecule has 1 heterocycles. The molecule has 12 heavy (non-hydrogen) atoms. The summed E-state index contributed by atoms with van der Waals surface area (Å²) in [7, 11) is 0. The highest BCUT2D eigenvalue weighted by Gasteiger charge is 2.39. The molecule has 0 unspecified atom stereocenters. The summed E-state index contributed by atoms with van der Waals surface area (Å²) in [4.78, 5) is 0. The Balaban J connectivity index is 2.92. The predicted octanol–water partition coefficient (Wildman–Crippen LogP) is 2.60. The Bertz CT molecular complexity index is 270. The van der Waals surface area contributed by atoms with Crippen LogP contribution in [0, 0.1) is 0 Å². The molecule has 1 atom stereocenters. The molecule has 1 rings (SSSR count). The van der Waals surface area contributed by atoms with E-state index in [4.69, 9.17) is 5.73 Å². The maximum atomic E-state index is 12.0. The van der Waals surface area contributed by atoms with Crippen molar-refractivity contribution in [2.75, 3.05) is 0 Å². The van der Waals surface area contributed by atoms with Gasteiger partial charge in [0.1, 0.15) is 12.3 Å². The molecule has 2 N–H and O–H groups in total. The Kier molecular flexibility index (Phi) is 2.48. The van der Waals surface area contributed by atoms with E-state index in [0.717, 1.165) is 12.5 Å². The van der Waals surface area contributed by atoms with Crippen LogP contribution in [-0.4, -0.2) is 6.18 Å². The van der Waals surface area contributed by atoms with E-state index in [-0.39, 0.29) is 10.0 Å². The number of rotatable bonds is 1. The highest BCUT2D eigenvalue weighted by atomic mass is 79.9. The van der Waals surface area contributed by atoms with Crippen LogP contribution in [0.3, 0.4) is 0 Å². The average Bonchev–Trinajstić information content (AvgIpc) is 2.31. The third-order valence-electron chi connectivity index (χ3n) is 1.33. The van der Waals surface area contributed by atoms with Crippen molar-refractivity contribution in [3.8, 4) is 0 Å². The van der Waals surface area contributed by atoms with Crippen LogP contribution >= 0.6 is 15.9 Å². The third-order valence-corrected chi connectivity index (χ3v) is 1.97. The number of halogens is 4. The van der Waals surface area contributed by atoms with Crippen molar-refractivity contribution in [3.63, 3.8) is 0 Å². The summed E-state index contributed by atoms with van der Waals surface area (Å²) in [6, 6.07) is -1.99. The summed E-state index contributed by atoms with van der Waals surface area (Å²) in [5.41, 5.74) is 4.81. The number of hydrogen-bond donors (Lipinski definition) is 1. The SMILES string of the molecule is N[C@@H](c1cocc1Br)C(F)(F)F. The molecule has 0 spiro atoms. The van der Waals surface area contributed by atoms with Crippen LogP contribution in [-0.2, 0) is 0 Å². The molecule has 1 aromatic heterocycles. The van der Waals surface area contributed by atoms with Gasteiger partial charge in [-0.05, 0) is 15.9 Å². The lowest BCUT2D eigenvalue weighted by Crippen LogP contribution is -2.28. The van der Waals surface area contributed by atoms with E-state index < -0.39 is 12.2 Å². The second-order valence-corrected chi connectivity index (χ2v) is 3.05. The Hall–Kier alpha value is -0.490. The fraction of sp³-hybridized carbons (Fsp3) is 0.333. The monoisotopic (exact) mass is 243 g/mol. The summed E-state index contributed by atoms with van der Waals surface area (Å²) < 4.78 is 40.8. The molecule has 0 fully saturated rings. The van der Waals surface area contributed by atoms with E-state index in [1.165, 1.54) is 0 Å². The smallest absolute Gasteiger partial charge is 0.407 e. The minimum absolute atomic E-state index is 0.0949. The topological polar surface area (TPSA) is 39.2 Å². The molecule has 0 aliphatic heterocycles. The van der Waals surface area contributed by atoms with Crippen molar-refractivity contribution >= 4 is 15.9 Å². The van der Waals surface area contributed by atoms with E-state index in [1.807, 2.05) is 0 Å². The Labute approximate surface area is 74.7 Å². The Morgan fingerprint density at radius 1 is 1.42 bits per heavy atom. The first-order chi connectivity index (χ1) is 5.43. The van der Waals surface area contributed by atoms with Crippen molar-refractivity contribution in [1.29, 1.82) is 0 Å². The molecule has 2 nitrogen and oxygen atoms in total. The second-order valence-electron chi connectivity index (χ2n) is 2.19. The predicted molar refractivity (Wildman–Crippen MR) is 39.4 cm³/mol. The van der Waals surface area contributed by atoms with Crippen LogP contribution in [0.2, 0.25) is 0 Å². The molecule has 0 aromatic carbocycles. The second kappa shape index (κ2) is 3.10. The van der Waals surface area contributed by atoms with Gasteiger partial charge in [0.25, 0.3) is 0 Å². The van der Waals surface area contributed by atoms with Crippen LogP contribution in [0.25, 0.3) is 0 Å². The quantitative estimate of drug-likeness (QED) is 0.824. The van der Waals surface area contributed by atoms with Gasteiger partial charge in [0.05, 0.1) is 10.7 Å². The molecular weight excluding hydrogens is 239 g/mol. The number of furan rings is 1. The van der Waals surface area contributed by atoms with Crippen LogP contribution in [0.5, 0.6) is 0 Å². The van der Waals surface area contributed by atoms with Gasteiger partial charge in [-0.1, -0.05) is 0 Å². The highest BCUT2D eigenvalue weighted by molar-refractivity contribution is 9.10. The molecule has 0 amide bonds. The molecule has 0 bridgehead atoms. The first-order valence-corrected chi connectivity index (χ1v) is 3.76. The molecule has 0 radical (unpaired) electrons. The van der Waals surface area contributed by atoms with E-state index in [0.29, 0.717) is 0 Å². The van der Waals surface area contributed by atoms with Gasteiger partial charge in [-0.2, -0.15) is 13.2 Å². The normalized spacial score (nSPS) is 14.8. The fourth-order valence-electron chi connectivity index (χ4n) is 0.690. The Morgan fingerprint density at radius 2 is 2.00 bits per heavy atom. The molecule has 6 heteroatoms. The molecule has 0 aliphatic carbocycles. The van der Waals surface area contributed by atoms with Crippen LogP contribution < -0.4 is 5.73 Å². The van der Waals surface area contributed by atoms with Gasteiger partial charge in [0, 0.05) is 5.56 Å². The molecule has 0 saturated heterocycles. The zero-order valence-corrected chi connectivity index (χ0v) is 7.32. The third kappa shape index (κ3) is 1.81. The molecular formula is C6H5BrF3NO. The van der Waals surface area contributed by atoms with E-state index in [2.05, 4.69) is 20.3 Å². The van der Waals surface area contributed by atoms with E-state index >= 15 is 0 Å². The molecule has 0 aliphatic rings. The standard InChI is InChI=1S/C6H5BrF3NO/c7-4-2-12-1-3(4)5(11)6(8,9)10/h1-2,5H,11H2/t5-/m0/s1. The van der Waals surface area contributed by atoms with Crippen molar-refractivity contribution in [3.05, 3.63) is 22.6 Å². The van der Waals surface area contributed by atoms with Crippen molar-refractivity contribution in [2.24, 2.45) is 5.73 Å². The number of nitrogens with two attached hydrogens (primary N) is 1. The largest absolute Gasteiger partial charge is 0.471 e. The maximum absolute atomic E-state index is 12.0. The first kappa shape index (κ1) is 9.60. The summed E-state index contributed by atoms with van der Waals surface area (Å²) >= 11 is 2.89. The average molecular weight is 244 g/mol. The highest BCUT2D eigenvalue weighted by Crippen LogP contribution is 2.34. The molecule has 68 valence electrons. The minimum Gasteiger partial charge on any atom is -0.471 e. The zero-order valence-electron chi connectivity index (χ0n) is 5.73. The lowest BCUT2D eigenvalue weighted by Gasteiger charge is -2.13. The van der Waals surface area contributed by atoms with Gasteiger partial charge >= 0.3 is 6.18 Å². The number of alkyl halides is 3. The summed E-state index contributed by atoms with van der Waals surface area (Å²) in [5.74, 6) is 0. The summed E-state index contributed by atoms with van der Waals surface area (Å²) in [6.45, 7) is 0. The zero-order chi connectivity index (χ0) is 9.35. The summed E-state index contributed by atoms with van der Waals surface area (Å²) in [5, 5.41) is 0. The first-order valence-electron chi connectivity index (χ1n) is 2.97. The van der Waals surface area contributed by atoms with Crippen LogP contribution in [0.4, 0.5) is 13.2 Å². The minimum atomic E-state index is -4.44. The van der Waals surface area contributed by atoms with Crippen molar-refractivity contribution < 1.29 is 17.6 Å².